The van der Waals surface area contributed by atoms with E-state index in [1.54, 1.807) is 19.4 Å². The van der Waals surface area contributed by atoms with Crippen molar-refractivity contribution in [2.24, 2.45) is 0 Å². The fraction of sp³-hybridized carbons (Fsp3) is 0.0833. The standard InChI is InChI=1S/C12H11N5/c1-13-12-16-6-10(7-17-12)9-4-8-2-3-14-11(8)15-5-9/h2-7H,1H3,(H,14,15)(H,13,16,17). The van der Waals surface area contributed by atoms with Crippen LogP contribution in [0.5, 0.6) is 0 Å². The molecule has 0 atom stereocenters. The molecule has 0 spiro atoms. The first-order chi connectivity index (χ1) is 8.36. The number of aromatic amines is 1. The van der Waals surface area contributed by atoms with Crippen molar-refractivity contribution >= 4 is 17.0 Å². The second-order valence-electron chi connectivity index (χ2n) is 3.68. The summed E-state index contributed by atoms with van der Waals surface area (Å²) in [6, 6.07) is 4.06. The van der Waals surface area contributed by atoms with Gasteiger partial charge < -0.3 is 10.3 Å². The molecule has 0 aliphatic rings. The molecule has 5 heteroatoms. The van der Waals surface area contributed by atoms with Gasteiger partial charge in [0.05, 0.1) is 0 Å². The van der Waals surface area contributed by atoms with E-state index < -0.39 is 0 Å². The van der Waals surface area contributed by atoms with Gasteiger partial charge in [0.25, 0.3) is 0 Å². The van der Waals surface area contributed by atoms with Gasteiger partial charge in [-0.05, 0) is 12.1 Å². The average Bonchev–Trinajstić information content (AvgIpc) is 2.86. The number of hydrogen-bond acceptors (Lipinski definition) is 4. The number of aromatic nitrogens is 4. The Bertz CT molecular complexity index is 641. The lowest BCUT2D eigenvalue weighted by atomic mass is 10.1. The molecule has 2 N–H and O–H groups in total. The van der Waals surface area contributed by atoms with E-state index >= 15 is 0 Å². The normalized spacial score (nSPS) is 10.6. The van der Waals surface area contributed by atoms with Crippen molar-refractivity contribution in [3.05, 3.63) is 36.9 Å². The maximum absolute atomic E-state index is 4.33. The van der Waals surface area contributed by atoms with Gasteiger partial charge in [-0.15, -0.1) is 0 Å². The highest BCUT2D eigenvalue weighted by Gasteiger charge is 2.02. The smallest absolute Gasteiger partial charge is 0.222 e. The van der Waals surface area contributed by atoms with Gasteiger partial charge in [-0.25, -0.2) is 15.0 Å². The molecule has 17 heavy (non-hydrogen) atoms. The predicted molar refractivity (Wildman–Crippen MR) is 66.7 cm³/mol. The number of nitrogens with one attached hydrogen (secondary N) is 2. The third kappa shape index (κ3) is 1.71. The zero-order valence-corrected chi connectivity index (χ0v) is 9.31. The Labute approximate surface area is 98.0 Å². The third-order valence-electron chi connectivity index (χ3n) is 2.61. The van der Waals surface area contributed by atoms with Crippen molar-refractivity contribution in [2.45, 2.75) is 0 Å². The molecular weight excluding hydrogens is 214 g/mol. The molecule has 0 saturated carbocycles. The lowest BCUT2D eigenvalue weighted by Gasteiger charge is -2.02. The van der Waals surface area contributed by atoms with Crippen molar-refractivity contribution in [3.8, 4) is 11.1 Å². The Kier molecular flexibility index (Phi) is 2.22. The summed E-state index contributed by atoms with van der Waals surface area (Å²) in [7, 11) is 1.79. The molecule has 0 aliphatic carbocycles. The van der Waals surface area contributed by atoms with E-state index in [2.05, 4.69) is 31.3 Å². The van der Waals surface area contributed by atoms with Gasteiger partial charge in [0, 0.05) is 48.3 Å². The lowest BCUT2D eigenvalue weighted by Crippen LogP contribution is -1.95. The summed E-state index contributed by atoms with van der Waals surface area (Å²) in [5, 5.41) is 3.97. The first-order valence-electron chi connectivity index (χ1n) is 5.30. The summed E-state index contributed by atoms with van der Waals surface area (Å²) in [5.74, 6) is 0.615. The summed E-state index contributed by atoms with van der Waals surface area (Å²) in [6.45, 7) is 0. The third-order valence-corrected chi connectivity index (χ3v) is 2.61. The zero-order chi connectivity index (χ0) is 11.7. The Balaban J connectivity index is 2.06. The Morgan fingerprint density at radius 2 is 1.82 bits per heavy atom. The minimum Gasteiger partial charge on any atom is -0.357 e. The van der Waals surface area contributed by atoms with Crippen molar-refractivity contribution in [2.75, 3.05) is 12.4 Å². The number of nitrogens with zero attached hydrogens (tertiary/aromatic N) is 3. The summed E-state index contributed by atoms with van der Waals surface area (Å²) in [6.07, 6.45) is 7.27. The Hall–Kier alpha value is -2.43. The van der Waals surface area contributed by atoms with Gasteiger partial charge in [-0.3, -0.25) is 0 Å². The van der Waals surface area contributed by atoms with Gasteiger partial charge >= 0.3 is 0 Å². The number of pyridine rings is 1. The van der Waals surface area contributed by atoms with Gasteiger partial charge in [-0.1, -0.05) is 0 Å². The highest BCUT2D eigenvalue weighted by atomic mass is 15.1. The van der Waals surface area contributed by atoms with Gasteiger partial charge in [0.15, 0.2) is 0 Å². The fourth-order valence-corrected chi connectivity index (χ4v) is 1.70. The zero-order valence-electron chi connectivity index (χ0n) is 9.31. The summed E-state index contributed by atoms with van der Waals surface area (Å²) >= 11 is 0. The monoisotopic (exact) mass is 225 g/mol. The van der Waals surface area contributed by atoms with E-state index in [1.165, 1.54) is 0 Å². The number of anilines is 1. The van der Waals surface area contributed by atoms with Crippen LogP contribution >= 0.6 is 0 Å². The number of rotatable bonds is 2. The van der Waals surface area contributed by atoms with Crippen LogP contribution in [0.4, 0.5) is 5.95 Å². The molecule has 3 heterocycles. The van der Waals surface area contributed by atoms with Crippen LogP contribution in [0.2, 0.25) is 0 Å². The largest absolute Gasteiger partial charge is 0.357 e. The van der Waals surface area contributed by atoms with Crippen LogP contribution in [0.1, 0.15) is 0 Å². The summed E-state index contributed by atoms with van der Waals surface area (Å²) < 4.78 is 0. The van der Waals surface area contributed by atoms with Crippen molar-refractivity contribution in [1.29, 1.82) is 0 Å². The number of fused-ring (bicyclic) bond motifs is 1. The fourth-order valence-electron chi connectivity index (χ4n) is 1.70. The molecule has 0 amide bonds. The lowest BCUT2D eigenvalue weighted by molar-refractivity contribution is 1.15. The molecule has 0 aromatic carbocycles. The van der Waals surface area contributed by atoms with Gasteiger partial charge in [-0.2, -0.15) is 0 Å². The minimum absolute atomic E-state index is 0.615. The predicted octanol–water partition coefficient (Wildman–Crippen LogP) is 2.06. The maximum Gasteiger partial charge on any atom is 0.222 e. The second-order valence-corrected chi connectivity index (χ2v) is 3.68. The van der Waals surface area contributed by atoms with E-state index in [0.29, 0.717) is 5.95 Å². The van der Waals surface area contributed by atoms with E-state index in [0.717, 1.165) is 22.2 Å². The maximum atomic E-state index is 4.33. The van der Waals surface area contributed by atoms with Crippen LogP contribution in [0.15, 0.2) is 36.9 Å². The molecule has 0 saturated heterocycles. The van der Waals surface area contributed by atoms with Crippen LogP contribution in [0, 0.1) is 0 Å². The summed E-state index contributed by atoms with van der Waals surface area (Å²) in [4.78, 5) is 15.8. The molecule has 3 aromatic rings. The molecular formula is C12H11N5. The molecule has 3 aromatic heterocycles. The van der Waals surface area contributed by atoms with Crippen LogP contribution in [-0.4, -0.2) is 27.0 Å². The van der Waals surface area contributed by atoms with Crippen molar-refractivity contribution in [3.63, 3.8) is 0 Å². The van der Waals surface area contributed by atoms with Gasteiger partial charge in [0.1, 0.15) is 5.65 Å². The first-order valence-corrected chi connectivity index (χ1v) is 5.30. The molecule has 0 radical (unpaired) electrons. The van der Waals surface area contributed by atoms with E-state index in [9.17, 15) is 0 Å². The molecule has 0 unspecified atom stereocenters. The molecule has 84 valence electrons. The minimum atomic E-state index is 0.615. The molecule has 0 fully saturated rings. The SMILES string of the molecule is CNc1ncc(-c2cnc3[nH]ccc3c2)cn1. The first kappa shape index (κ1) is 9.77. The highest BCUT2D eigenvalue weighted by Crippen LogP contribution is 2.21. The van der Waals surface area contributed by atoms with Crippen LogP contribution in [0.25, 0.3) is 22.2 Å². The topological polar surface area (TPSA) is 66.5 Å². The molecule has 3 rings (SSSR count). The van der Waals surface area contributed by atoms with Gasteiger partial charge in [0.2, 0.25) is 5.95 Å². The molecule has 0 bridgehead atoms. The van der Waals surface area contributed by atoms with E-state index in [4.69, 9.17) is 0 Å². The average molecular weight is 225 g/mol. The van der Waals surface area contributed by atoms with Crippen LogP contribution < -0.4 is 5.32 Å². The Morgan fingerprint density at radius 3 is 2.59 bits per heavy atom. The van der Waals surface area contributed by atoms with Crippen LogP contribution in [-0.2, 0) is 0 Å². The summed E-state index contributed by atoms with van der Waals surface area (Å²) in [5.41, 5.74) is 2.86. The van der Waals surface area contributed by atoms with E-state index in [1.807, 2.05) is 18.5 Å². The molecule has 0 aliphatic heterocycles. The number of hydrogen-bond donors (Lipinski definition) is 2. The van der Waals surface area contributed by atoms with Crippen molar-refractivity contribution < 1.29 is 0 Å². The van der Waals surface area contributed by atoms with Crippen LogP contribution in [0.3, 0.4) is 0 Å². The highest BCUT2D eigenvalue weighted by molar-refractivity contribution is 5.80. The second kappa shape index (κ2) is 3.86. The molecule has 5 nitrogen and oxygen atoms in total. The number of H-pyrrole nitrogens is 1. The van der Waals surface area contributed by atoms with Crippen molar-refractivity contribution in [1.82, 2.24) is 19.9 Å². The van der Waals surface area contributed by atoms with E-state index in [-0.39, 0.29) is 0 Å². The Morgan fingerprint density at radius 1 is 1.06 bits per heavy atom. The quantitative estimate of drug-likeness (QED) is 0.700.